The number of aromatic nitrogens is 1. The molecule has 18 heavy (non-hydrogen) atoms. The Hall–Kier alpha value is -1.66. The van der Waals surface area contributed by atoms with E-state index in [0.717, 1.165) is 19.4 Å². The van der Waals surface area contributed by atoms with Crippen LogP contribution in [0.25, 0.3) is 0 Å². The molecule has 6 heteroatoms. The highest BCUT2D eigenvalue weighted by molar-refractivity contribution is 5.99. The molecule has 1 atom stereocenters. The maximum atomic E-state index is 12.2. The van der Waals surface area contributed by atoms with E-state index in [1.54, 1.807) is 12.3 Å². The van der Waals surface area contributed by atoms with Crippen molar-refractivity contribution in [1.82, 2.24) is 10.3 Å². The second-order valence-corrected chi connectivity index (χ2v) is 4.74. The largest absolute Gasteiger partial charge is 0.379 e. The van der Waals surface area contributed by atoms with Crippen molar-refractivity contribution in [1.29, 1.82) is 0 Å². The third kappa shape index (κ3) is 2.77. The number of anilines is 1. The summed E-state index contributed by atoms with van der Waals surface area (Å²) in [5.74, 6) is 5.19. The fraction of sp³-hybridized carbons (Fsp3) is 0.500. The van der Waals surface area contributed by atoms with E-state index in [0.29, 0.717) is 17.9 Å². The molecule has 1 aromatic rings. The van der Waals surface area contributed by atoms with Crippen LogP contribution in [-0.2, 0) is 4.74 Å². The van der Waals surface area contributed by atoms with Crippen molar-refractivity contribution in [3.05, 3.63) is 24.0 Å². The second-order valence-electron chi connectivity index (χ2n) is 4.74. The van der Waals surface area contributed by atoms with E-state index in [-0.39, 0.29) is 11.4 Å². The molecule has 1 amide bonds. The van der Waals surface area contributed by atoms with E-state index in [4.69, 9.17) is 10.6 Å². The topological polar surface area (TPSA) is 89.3 Å². The lowest BCUT2D eigenvalue weighted by Crippen LogP contribution is -2.51. The van der Waals surface area contributed by atoms with Gasteiger partial charge in [0.15, 0.2) is 0 Å². The number of pyridine rings is 1. The lowest BCUT2D eigenvalue weighted by atomic mass is 9.94. The predicted octanol–water partition coefficient (Wildman–Crippen LogP) is 0.666. The zero-order valence-corrected chi connectivity index (χ0v) is 10.4. The molecule has 1 unspecified atom stereocenters. The number of nitrogens with zero attached hydrogens (tertiary/aromatic N) is 1. The van der Waals surface area contributed by atoms with Gasteiger partial charge in [-0.15, -0.1) is 0 Å². The molecule has 0 spiro atoms. The van der Waals surface area contributed by atoms with Crippen LogP contribution in [0.1, 0.15) is 30.1 Å². The Balaban J connectivity index is 2.11. The SMILES string of the molecule is CC1(NC(=O)c2ccncc2NN)CCCOC1. The average molecular weight is 250 g/mol. The predicted molar refractivity (Wildman–Crippen MR) is 68.0 cm³/mol. The zero-order chi connectivity index (χ0) is 13.0. The maximum Gasteiger partial charge on any atom is 0.254 e. The summed E-state index contributed by atoms with van der Waals surface area (Å²) in [6.07, 6.45) is 4.95. The normalized spacial score (nSPS) is 23.4. The molecule has 4 N–H and O–H groups in total. The van der Waals surface area contributed by atoms with Crippen LogP contribution in [0, 0.1) is 0 Å². The molecule has 6 nitrogen and oxygen atoms in total. The van der Waals surface area contributed by atoms with Crippen molar-refractivity contribution in [2.75, 3.05) is 18.6 Å². The first-order chi connectivity index (χ1) is 8.64. The molecule has 0 saturated carbocycles. The third-order valence-electron chi connectivity index (χ3n) is 3.07. The van der Waals surface area contributed by atoms with Crippen molar-refractivity contribution in [3.8, 4) is 0 Å². The van der Waals surface area contributed by atoms with Gasteiger partial charge in [-0.1, -0.05) is 0 Å². The number of hydrogen-bond donors (Lipinski definition) is 3. The summed E-state index contributed by atoms with van der Waals surface area (Å²) >= 11 is 0. The molecule has 1 fully saturated rings. The summed E-state index contributed by atoms with van der Waals surface area (Å²) in [7, 11) is 0. The number of rotatable bonds is 3. The van der Waals surface area contributed by atoms with Gasteiger partial charge in [-0.05, 0) is 25.8 Å². The molecule has 0 aliphatic carbocycles. The van der Waals surface area contributed by atoms with Crippen LogP contribution in [0.5, 0.6) is 0 Å². The van der Waals surface area contributed by atoms with Crippen LogP contribution in [0.2, 0.25) is 0 Å². The summed E-state index contributed by atoms with van der Waals surface area (Å²) in [5.41, 5.74) is 3.15. The van der Waals surface area contributed by atoms with Crippen LogP contribution in [-0.4, -0.2) is 29.6 Å². The number of hydrazine groups is 1. The maximum absolute atomic E-state index is 12.2. The van der Waals surface area contributed by atoms with E-state index in [1.807, 2.05) is 6.92 Å². The van der Waals surface area contributed by atoms with Crippen LogP contribution in [0.4, 0.5) is 5.69 Å². The lowest BCUT2D eigenvalue weighted by Gasteiger charge is -2.34. The highest BCUT2D eigenvalue weighted by Crippen LogP contribution is 2.20. The minimum absolute atomic E-state index is 0.168. The molecule has 1 aromatic heterocycles. The number of ether oxygens (including phenoxy) is 1. The van der Waals surface area contributed by atoms with Gasteiger partial charge in [0.05, 0.1) is 29.6 Å². The van der Waals surface area contributed by atoms with Crippen molar-refractivity contribution in [3.63, 3.8) is 0 Å². The Kier molecular flexibility index (Phi) is 3.78. The second kappa shape index (κ2) is 5.32. The molecule has 2 heterocycles. The molecular formula is C12H18N4O2. The van der Waals surface area contributed by atoms with Gasteiger partial charge in [-0.2, -0.15) is 0 Å². The van der Waals surface area contributed by atoms with Gasteiger partial charge >= 0.3 is 0 Å². The van der Waals surface area contributed by atoms with Gasteiger partial charge in [0, 0.05) is 12.8 Å². The summed E-state index contributed by atoms with van der Waals surface area (Å²) in [4.78, 5) is 16.1. The fourth-order valence-electron chi connectivity index (χ4n) is 2.08. The minimum Gasteiger partial charge on any atom is -0.379 e. The molecule has 1 aliphatic rings. The average Bonchev–Trinajstić information content (AvgIpc) is 2.39. The van der Waals surface area contributed by atoms with Gasteiger partial charge in [0.2, 0.25) is 0 Å². The third-order valence-corrected chi connectivity index (χ3v) is 3.07. The van der Waals surface area contributed by atoms with Crippen molar-refractivity contribution in [2.24, 2.45) is 5.84 Å². The van der Waals surface area contributed by atoms with Crippen LogP contribution in [0.15, 0.2) is 18.5 Å². The molecule has 0 radical (unpaired) electrons. The first-order valence-corrected chi connectivity index (χ1v) is 5.95. The molecular weight excluding hydrogens is 232 g/mol. The number of amides is 1. The van der Waals surface area contributed by atoms with Gasteiger partial charge in [-0.3, -0.25) is 15.6 Å². The molecule has 1 saturated heterocycles. The number of nitrogens with two attached hydrogens (primary N) is 1. The molecule has 2 rings (SSSR count). The van der Waals surface area contributed by atoms with Gasteiger partial charge in [0.1, 0.15) is 0 Å². The van der Waals surface area contributed by atoms with Gasteiger partial charge < -0.3 is 15.5 Å². The first kappa shape index (κ1) is 12.8. The van der Waals surface area contributed by atoms with E-state index in [9.17, 15) is 4.79 Å². The summed E-state index contributed by atoms with van der Waals surface area (Å²) in [6.45, 7) is 3.28. The number of carbonyl (C=O) groups is 1. The summed E-state index contributed by atoms with van der Waals surface area (Å²) in [6, 6.07) is 1.64. The number of nitrogens with one attached hydrogen (secondary N) is 2. The Bertz CT molecular complexity index is 430. The van der Waals surface area contributed by atoms with E-state index >= 15 is 0 Å². The molecule has 0 aromatic carbocycles. The highest BCUT2D eigenvalue weighted by atomic mass is 16.5. The number of hydrogen-bond acceptors (Lipinski definition) is 5. The Labute approximate surface area is 106 Å². The minimum atomic E-state index is -0.315. The van der Waals surface area contributed by atoms with Crippen molar-refractivity contribution >= 4 is 11.6 Å². The Morgan fingerprint density at radius 3 is 3.11 bits per heavy atom. The molecule has 1 aliphatic heterocycles. The molecule has 0 bridgehead atoms. The highest BCUT2D eigenvalue weighted by Gasteiger charge is 2.30. The van der Waals surface area contributed by atoms with Crippen LogP contribution < -0.4 is 16.6 Å². The fourth-order valence-corrected chi connectivity index (χ4v) is 2.08. The Morgan fingerprint density at radius 1 is 1.61 bits per heavy atom. The van der Waals surface area contributed by atoms with Gasteiger partial charge in [0.25, 0.3) is 5.91 Å². The van der Waals surface area contributed by atoms with E-state index < -0.39 is 0 Å². The summed E-state index contributed by atoms with van der Waals surface area (Å²) < 4.78 is 5.41. The van der Waals surface area contributed by atoms with Crippen molar-refractivity contribution < 1.29 is 9.53 Å². The standard InChI is InChI=1S/C12H18N4O2/c1-12(4-2-6-18-8-12)15-11(17)9-3-5-14-7-10(9)16-13/h3,5,7,16H,2,4,6,8,13H2,1H3,(H,15,17). The van der Waals surface area contributed by atoms with Crippen LogP contribution in [0.3, 0.4) is 0 Å². The number of carbonyl (C=O) groups excluding carboxylic acids is 1. The quantitative estimate of drug-likeness (QED) is 0.542. The van der Waals surface area contributed by atoms with E-state index in [1.165, 1.54) is 6.20 Å². The molecule has 98 valence electrons. The smallest absolute Gasteiger partial charge is 0.254 e. The van der Waals surface area contributed by atoms with Crippen molar-refractivity contribution in [2.45, 2.75) is 25.3 Å². The lowest BCUT2D eigenvalue weighted by molar-refractivity contribution is 0.0273. The zero-order valence-electron chi connectivity index (χ0n) is 10.4. The van der Waals surface area contributed by atoms with Crippen LogP contribution >= 0.6 is 0 Å². The Morgan fingerprint density at radius 2 is 2.44 bits per heavy atom. The van der Waals surface area contributed by atoms with E-state index in [2.05, 4.69) is 15.7 Å². The summed E-state index contributed by atoms with van der Waals surface area (Å²) in [5, 5.41) is 3.00. The monoisotopic (exact) mass is 250 g/mol. The number of nitrogen functional groups attached to an aromatic ring is 1. The van der Waals surface area contributed by atoms with Gasteiger partial charge in [-0.25, -0.2) is 0 Å². The first-order valence-electron chi connectivity index (χ1n) is 5.95.